The van der Waals surface area contributed by atoms with Gasteiger partial charge in [0.2, 0.25) is 0 Å². The van der Waals surface area contributed by atoms with Crippen LogP contribution in [0.4, 0.5) is 10.1 Å². The van der Waals surface area contributed by atoms with E-state index >= 15 is 0 Å². The van der Waals surface area contributed by atoms with Gasteiger partial charge in [-0.3, -0.25) is 0 Å². The third-order valence-corrected chi connectivity index (χ3v) is 5.76. The Bertz CT molecular complexity index is 575. The molecule has 0 aliphatic carbocycles. The van der Waals surface area contributed by atoms with Crippen molar-refractivity contribution in [3.05, 3.63) is 24.0 Å². The number of hydrogen-bond donors (Lipinski definition) is 1. The molecule has 112 valence electrons. The number of piperidine rings is 1. The van der Waals surface area contributed by atoms with Gasteiger partial charge in [-0.2, -0.15) is 0 Å². The van der Waals surface area contributed by atoms with E-state index in [-0.39, 0.29) is 16.3 Å². The average Bonchev–Trinajstić information content (AvgIpc) is 2.37. The minimum Gasteiger partial charge on any atom is -0.398 e. The van der Waals surface area contributed by atoms with Crippen LogP contribution >= 0.6 is 0 Å². The van der Waals surface area contributed by atoms with Gasteiger partial charge in [0.05, 0.1) is 16.3 Å². The number of nitrogens with two attached hydrogens (primary N) is 1. The molecule has 6 heteroatoms. The SMILES string of the molecule is CN1CCCCC1CCS(=O)(=O)c1ccc(F)cc1N. The fourth-order valence-corrected chi connectivity index (χ4v) is 4.21. The Morgan fingerprint density at radius 3 is 2.80 bits per heavy atom. The highest BCUT2D eigenvalue weighted by Gasteiger charge is 2.24. The summed E-state index contributed by atoms with van der Waals surface area (Å²) in [6, 6.07) is 3.75. The molecule has 0 amide bonds. The molecule has 0 bridgehead atoms. The monoisotopic (exact) mass is 300 g/mol. The summed E-state index contributed by atoms with van der Waals surface area (Å²) in [6.45, 7) is 1.02. The molecular weight excluding hydrogens is 279 g/mol. The molecule has 1 fully saturated rings. The third-order valence-electron chi connectivity index (χ3n) is 3.95. The number of nitrogens with zero attached hydrogens (tertiary/aromatic N) is 1. The van der Waals surface area contributed by atoms with Crippen LogP contribution in [-0.4, -0.2) is 38.7 Å². The van der Waals surface area contributed by atoms with Gasteiger partial charge in [0.15, 0.2) is 9.84 Å². The molecule has 1 aliphatic rings. The molecule has 2 N–H and O–H groups in total. The van der Waals surface area contributed by atoms with E-state index in [4.69, 9.17) is 5.73 Å². The van der Waals surface area contributed by atoms with Gasteiger partial charge in [-0.25, -0.2) is 12.8 Å². The number of rotatable bonds is 4. The summed E-state index contributed by atoms with van der Waals surface area (Å²) in [6.07, 6.45) is 3.94. The summed E-state index contributed by atoms with van der Waals surface area (Å²) in [5.74, 6) is -0.467. The summed E-state index contributed by atoms with van der Waals surface area (Å²) in [7, 11) is -1.42. The van der Waals surface area contributed by atoms with Crippen LogP contribution in [0, 0.1) is 5.82 Å². The predicted molar refractivity (Wildman–Crippen MR) is 77.8 cm³/mol. The zero-order valence-corrected chi connectivity index (χ0v) is 12.5. The van der Waals surface area contributed by atoms with Gasteiger partial charge in [-0.1, -0.05) is 6.42 Å². The van der Waals surface area contributed by atoms with Crippen molar-refractivity contribution in [3.63, 3.8) is 0 Å². The fraction of sp³-hybridized carbons (Fsp3) is 0.571. The first kappa shape index (κ1) is 15.3. The van der Waals surface area contributed by atoms with E-state index in [2.05, 4.69) is 4.90 Å². The number of anilines is 1. The van der Waals surface area contributed by atoms with Crippen molar-refractivity contribution in [1.82, 2.24) is 4.90 Å². The summed E-state index contributed by atoms with van der Waals surface area (Å²) in [5.41, 5.74) is 5.60. The minimum atomic E-state index is -3.45. The summed E-state index contributed by atoms with van der Waals surface area (Å²) in [4.78, 5) is 2.25. The topological polar surface area (TPSA) is 63.4 Å². The zero-order valence-electron chi connectivity index (χ0n) is 11.7. The fourth-order valence-electron chi connectivity index (χ4n) is 2.71. The number of benzene rings is 1. The minimum absolute atomic E-state index is 0.0120. The highest BCUT2D eigenvalue weighted by molar-refractivity contribution is 7.91. The molecule has 1 atom stereocenters. The number of nitrogen functional groups attached to an aromatic ring is 1. The van der Waals surface area contributed by atoms with Gasteiger partial charge < -0.3 is 10.6 Å². The molecule has 2 rings (SSSR count). The Labute approximate surface area is 119 Å². The van der Waals surface area contributed by atoms with Crippen LogP contribution in [0.25, 0.3) is 0 Å². The molecule has 4 nitrogen and oxygen atoms in total. The Hall–Kier alpha value is -1.14. The van der Waals surface area contributed by atoms with Crippen molar-refractivity contribution in [1.29, 1.82) is 0 Å². The highest BCUT2D eigenvalue weighted by Crippen LogP contribution is 2.24. The maximum absolute atomic E-state index is 13.0. The van der Waals surface area contributed by atoms with E-state index < -0.39 is 15.7 Å². The van der Waals surface area contributed by atoms with E-state index in [1.807, 2.05) is 7.05 Å². The number of likely N-dealkylation sites (tertiary alicyclic amines) is 1. The second-order valence-electron chi connectivity index (χ2n) is 5.42. The lowest BCUT2D eigenvalue weighted by molar-refractivity contribution is 0.181. The normalized spacial score (nSPS) is 21.0. The lowest BCUT2D eigenvalue weighted by atomic mass is 10.0. The standard InChI is InChI=1S/C14H21FN2O2S/c1-17-8-3-2-4-12(17)7-9-20(18,19)14-6-5-11(15)10-13(14)16/h5-6,10,12H,2-4,7-9,16H2,1H3. The van der Waals surface area contributed by atoms with Crippen LogP contribution in [0.15, 0.2) is 23.1 Å². The van der Waals surface area contributed by atoms with Crippen LogP contribution in [0.3, 0.4) is 0 Å². The lowest BCUT2D eigenvalue weighted by Crippen LogP contribution is -2.37. The van der Waals surface area contributed by atoms with Crippen LogP contribution in [0.2, 0.25) is 0 Å². The molecule has 0 radical (unpaired) electrons. The lowest BCUT2D eigenvalue weighted by Gasteiger charge is -2.32. The number of hydrogen-bond acceptors (Lipinski definition) is 4. The molecule has 1 aliphatic heterocycles. The molecule has 1 aromatic rings. The Kier molecular flexibility index (Phi) is 4.65. The van der Waals surface area contributed by atoms with Crippen molar-refractivity contribution in [2.45, 2.75) is 36.6 Å². The van der Waals surface area contributed by atoms with Gasteiger partial charge in [0, 0.05) is 6.04 Å². The summed E-state index contributed by atoms with van der Waals surface area (Å²) in [5, 5.41) is 0. The van der Waals surface area contributed by atoms with Crippen molar-refractivity contribution < 1.29 is 12.8 Å². The van der Waals surface area contributed by atoms with E-state index in [1.54, 1.807) is 0 Å². The maximum atomic E-state index is 13.0. The predicted octanol–water partition coefficient (Wildman–Crippen LogP) is 2.06. The van der Waals surface area contributed by atoms with Gasteiger partial charge in [0.1, 0.15) is 5.82 Å². The Morgan fingerprint density at radius 2 is 2.15 bits per heavy atom. The van der Waals surface area contributed by atoms with E-state index in [0.717, 1.165) is 31.5 Å². The molecule has 0 saturated carbocycles. The van der Waals surface area contributed by atoms with Crippen molar-refractivity contribution in [2.24, 2.45) is 0 Å². The van der Waals surface area contributed by atoms with E-state index in [0.29, 0.717) is 12.5 Å². The highest BCUT2D eigenvalue weighted by atomic mass is 32.2. The summed E-state index contributed by atoms with van der Waals surface area (Å²) < 4.78 is 37.6. The Balaban J connectivity index is 2.07. The maximum Gasteiger partial charge on any atom is 0.180 e. The first-order chi connectivity index (χ1) is 9.40. The van der Waals surface area contributed by atoms with Crippen LogP contribution in [-0.2, 0) is 9.84 Å². The molecule has 0 aromatic heterocycles. The molecule has 1 unspecified atom stereocenters. The molecule has 1 saturated heterocycles. The average molecular weight is 300 g/mol. The van der Waals surface area contributed by atoms with E-state index in [9.17, 15) is 12.8 Å². The van der Waals surface area contributed by atoms with Crippen LogP contribution < -0.4 is 5.73 Å². The second kappa shape index (κ2) is 6.10. The first-order valence-electron chi connectivity index (χ1n) is 6.88. The van der Waals surface area contributed by atoms with Gasteiger partial charge in [-0.05, 0) is 51.1 Å². The van der Waals surface area contributed by atoms with Crippen molar-refractivity contribution in [3.8, 4) is 0 Å². The second-order valence-corrected chi connectivity index (χ2v) is 7.50. The Morgan fingerprint density at radius 1 is 1.40 bits per heavy atom. The zero-order chi connectivity index (χ0) is 14.8. The van der Waals surface area contributed by atoms with Gasteiger partial charge in [0.25, 0.3) is 0 Å². The van der Waals surface area contributed by atoms with Crippen LogP contribution in [0.5, 0.6) is 0 Å². The summed E-state index contributed by atoms with van der Waals surface area (Å²) >= 11 is 0. The third kappa shape index (κ3) is 3.49. The largest absolute Gasteiger partial charge is 0.398 e. The van der Waals surface area contributed by atoms with Crippen LogP contribution in [0.1, 0.15) is 25.7 Å². The first-order valence-corrected chi connectivity index (χ1v) is 8.53. The van der Waals surface area contributed by atoms with Crippen molar-refractivity contribution in [2.75, 3.05) is 25.1 Å². The van der Waals surface area contributed by atoms with Gasteiger partial charge in [-0.15, -0.1) is 0 Å². The van der Waals surface area contributed by atoms with E-state index in [1.165, 1.54) is 12.5 Å². The quantitative estimate of drug-likeness (QED) is 0.683. The van der Waals surface area contributed by atoms with Crippen molar-refractivity contribution >= 4 is 15.5 Å². The van der Waals surface area contributed by atoms with Gasteiger partial charge >= 0.3 is 0 Å². The number of halogens is 1. The molecule has 0 spiro atoms. The number of sulfone groups is 1. The molecule has 1 aromatic carbocycles. The smallest absolute Gasteiger partial charge is 0.180 e. The molecular formula is C14H21FN2O2S. The molecule has 1 heterocycles. The molecule has 20 heavy (non-hydrogen) atoms.